The van der Waals surface area contributed by atoms with E-state index in [1.807, 2.05) is 6.92 Å². The minimum Gasteiger partial charge on any atom is -0.276 e. The molecule has 0 radical (unpaired) electrons. The van der Waals surface area contributed by atoms with Crippen LogP contribution in [0.3, 0.4) is 0 Å². The lowest BCUT2D eigenvalue weighted by Crippen LogP contribution is -2.36. The standard InChI is InChI=1S/C15H14BrN3O3S/c1-11-2-5-13(6-3-11)23(21,22)19-9-8-18(15(19)20)14-7-4-12(16)10-17-14/h2-7,10H,8-9H2,1H3. The minimum atomic E-state index is -3.85. The van der Waals surface area contributed by atoms with Crippen molar-refractivity contribution in [3.05, 3.63) is 52.6 Å². The van der Waals surface area contributed by atoms with Gasteiger partial charge >= 0.3 is 6.03 Å². The summed E-state index contributed by atoms with van der Waals surface area (Å²) in [4.78, 5) is 18.1. The maximum absolute atomic E-state index is 12.6. The Bertz CT molecular complexity index is 835. The van der Waals surface area contributed by atoms with E-state index in [0.717, 1.165) is 14.3 Å². The summed E-state index contributed by atoms with van der Waals surface area (Å²) in [6.07, 6.45) is 1.57. The van der Waals surface area contributed by atoms with Crippen LogP contribution in [-0.4, -0.2) is 36.8 Å². The van der Waals surface area contributed by atoms with Crippen LogP contribution in [0.25, 0.3) is 0 Å². The number of nitrogens with zero attached hydrogens (tertiary/aromatic N) is 3. The largest absolute Gasteiger partial charge is 0.339 e. The van der Waals surface area contributed by atoms with Gasteiger partial charge in [0.25, 0.3) is 10.0 Å². The van der Waals surface area contributed by atoms with Crippen molar-refractivity contribution >= 4 is 37.8 Å². The lowest BCUT2D eigenvalue weighted by molar-refractivity contribution is 0.239. The topological polar surface area (TPSA) is 70.6 Å². The molecular formula is C15H14BrN3O3S. The summed E-state index contributed by atoms with van der Waals surface area (Å²) in [6.45, 7) is 2.25. The lowest BCUT2D eigenvalue weighted by Gasteiger charge is -2.18. The summed E-state index contributed by atoms with van der Waals surface area (Å²) >= 11 is 3.28. The third-order valence-electron chi connectivity index (χ3n) is 3.57. The number of rotatable bonds is 3. The molecular weight excluding hydrogens is 382 g/mol. The van der Waals surface area contributed by atoms with Crippen molar-refractivity contribution in [2.75, 3.05) is 18.0 Å². The molecule has 0 N–H and O–H groups in total. The highest BCUT2D eigenvalue weighted by atomic mass is 79.9. The molecule has 0 saturated carbocycles. The average Bonchev–Trinajstić information content (AvgIpc) is 2.91. The van der Waals surface area contributed by atoms with Crippen LogP contribution in [0.1, 0.15) is 5.56 Å². The monoisotopic (exact) mass is 395 g/mol. The quantitative estimate of drug-likeness (QED) is 0.800. The molecule has 3 rings (SSSR count). The van der Waals surface area contributed by atoms with Gasteiger partial charge in [0.1, 0.15) is 5.82 Å². The Kier molecular flexibility index (Phi) is 4.11. The summed E-state index contributed by atoms with van der Waals surface area (Å²) in [7, 11) is -3.85. The highest BCUT2D eigenvalue weighted by Crippen LogP contribution is 2.25. The Morgan fingerprint density at radius 2 is 1.78 bits per heavy atom. The maximum atomic E-state index is 12.6. The number of anilines is 1. The molecule has 0 unspecified atom stereocenters. The first-order valence-corrected chi connectivity index (χ1v) is 9.15. The molecule has 6 nitrogen and oxygen atoms in total. The fourth-order valence-electron chi connectivity index (χ4n) is 2.32. The van der Waals surface area contributed by atoms with Gasteiger partial charge in [0.2, 0.25) is 0 Å². The van der Waals surface area contributed by atoms with Crippen LogP contribution in [0, 0.1) is 6.92 Å². The zero-order chi connectivity index (χ0) is 16.6. The van der Waals surface area contributed by atoms with E-state index in [0.29, 0.717) is 5.82 Å². The Balaban J connectivity index is 1.89. The molecule has 120 valence electrons. The number of aromatic nitrogens is 1. The van der Waals surface area contributed by atoms with Gasteiger partial charge in [-0.3, -0.25) is 4.90 Å². The van der Waals surface area contributed by atoms with Gasteiger partial charge in [-0.15, -0.1) is 0 Å². The highest BCUT2D eigenvalue weighted by molar-refractivity contribution is 9.10. The van der Waals surface area contributed by atoms with E-state index in [1.54, 1.807) is 30.5 Å². The van der Waals surface area contributed by atoms with E-state index in [9.17, 15) is 13.2 Å². The van der Waals surface area contributed by atoms with Gasteiger partial charge in [0.15, 0.2) is 0 Å². The fourth-order valence-corrected chi connectivity index (χ4v) is 3.91. The smallest absolute Gasteiger partial charge is 0.276 e. The van der Waals surface area contributed by atoms with Crippen LogP contribution in [-0.2, 0) is 10.0 Å². The van der Waals surface area contributed by atoms with E-state index in [-0.39, 0.29) is 18.0 Å². The van der Waals surface area contributed by atoms with Crippen LogP contribution in [0.2, 0.25) is 0 Å². The molecule has 1 aliphatic rings. The van der Waals surface area contributed by atoms with E-state index in [1.165, 1.54) is 17.0 Å². The maximum Gasteiger partial charge on any atom is 0.339 e. The molecule has 1 fully saturated rings. The van der Waals surface area contributed by atoms with Crippen LogP contribution in [0.4, 0.5) is 10.6 Å². The van der Waals surface area contributed by atoms with Gasteiger partial charge in [0, 0.05) is 17.2 Å². The number of carbonyl (C=O) groups is 1. The predicted molar refractivity (Wildman–Crippen MR) is 89.7 cm³/mol. The summed E-state index contributed by atoms with van der Waals surface area (Å²) < 4.78 is 27.0. The first-order valence-electron chi connectivity index (χ1n) is 6.92. The third kappa shape index (κ3) is 2.96. The van der Waals surface area contributed by atoms with E-state index < -0.39 is 16.1 Å². The Hall–Kier alpha value is -1.93. The lowest BCUT2D eigenvalue weighted by atomic mass is 10.2. The van der Waals surface area contributed by atoms with Gasteiger partial charge in [0.05, 0.1) is 11.4 Å². The second-order valence-corrected chi connectivity index (χ2v) is 7.94. The van der Waals surface area contributed by atoms with Crippen molar-refractivity contribution in [3.8, 4) is 0 Å². The minimum absolute atomic E-state index is 0.104. The van der Waals surface area contributed by atoms with Crippen molar-refractivity contribution in [1.82, 2.24) is 9.29 Å². The second-order valence-electron chi connectivity index (χ2n) is 5.16. The first kappa shape index (κ1) is 15.9. The van der Waals surface area contributed by atoms with Crippen LogP contribution in [0.5, 0.6) is 0 Å². The number of pyridine rings is 1. The Labute approximate surface area is 142 Å². The number of hydrogen-bond donors (Lipinski definition) is 0. The second kappa shape index (κ2) is 5.93. The van der Waals surface area contributed by atoms with Gasteiger partial charge in [-0.05, 0) is 47.1 Å². The highest BCUT2D eigenvalue weighted by Gasteiger charge is 2.39. The Morgan fingerprint density at radius 1 is 1.09 bits per heavy atom. The number of benzene rings is 1. The normalized spacial score (nSPS) is 15.3. The van der Waals surface area contributed by atoms with Crippen LogP contribution >= 0.6 is 15.9 Å². The molecule has 1 aromatic carbocycles. The van der Waals surface area contributed by atoms with Gasteiger partial charge in [-0.2, -0.15) is 0 Å². The van der Waals surface area contributed by atoms with Crippen LogP contribution in [0.15, 0.2) is 52.0 Å². The number of aryl methyl sites for hydroxylation is 1. The Morgan fingerprint density at radius 3 is 2.39 bits per heavy atom. The summed E-state index contributed by atoms with van der Waals surface area (Å²) in [5.41, 5.74) is 0.956. The van der Waals surface area contributed by atoms with Crippen molar-refractivity contribution < 1.29 is 13.2 Å². The van der Waals surface area contributed by atoms with E-state index in [2.05, 4.69) is 20.9 Å². The number of halogens is 1. The van der Waals surface area contributed by atoms with E-state index >= 15 is 0 Å². The molecule has 2 heterocycles. The molecule has 2 aromatic rings. The zero-order valence-corrected chi connectivity index (χ0v) is 14.7. The van der Waals surface area contributed by atoms with Crippen molar-refractivity contribution in [2.24, 2.45) is 0 Å². The summed E-state index contributed by atoms with van der Waals surface area (Å²) in [5.74, 6) is 0.430. The van der Waals surface area contributed by atoms with E-state index in [4.69, 9.17) is 0 Å². The van der Waals surface area contributed by atoms with Gasteiger partial charge < -0.3 is 0 Å². The molecule has 0 aliphatic carbocycles. The number of hydrogen-bond acceptors (Lipinski definition) is 4. The van der Waals surface area contributed by atoms with Crippen molar-refractivity contribution in [3.63, 3.8) is 0 Å². The summed E-state index contributed by atoms with van der Waals surface area (Å²) in [6, 6.07) is 9.29. The number of amides is 2. The van der Waals surface area contributed by atoms with Crippen LogP contribution < -0.4 is 4.90 Å². The number of carbonyl (C=O) groups excluding carboxylic acids is 1. The molecule has 2 amide bonds. The number of urea groups is 1. The molecule has 23 heavy (non-hydrogen) atoms. The van der Waals surface area contributed by atoms with Gasteiger partial charge in [-0.1, -0.05) is 17.7 Å². The molecule has 1 aromatic heterocycles. The molecule has 8 heteroatoms. The number of sulfonamides is 1. The first-order chi connectivity index (χ1) is 10.9. The average molecular weight is 396 g/mol. The summed E-state index contributed by atoms with van der Waals surface area (Å²) in [5, 5.41) is 0. The van der Waals surface area contributed by atoms with Crippen molar-refractivity contribution in [1.29, 1.82) is 0 Å². The predicted octanol–water partition coefficient (Wildman–Crippen LogP) is 2.78. The molecule has 0 bridgehead atoms. The molecule has 0 spiro atoms. The third-order valence-corrected chi connectivity index (χ3v) is 5.82. The SMILES string of the molecule is Cc1ccc(S(=O)(=O)N2CCN(c3ccc(Br)cn3)C2=O)cc1. The zero-order valence-electron chi connectivity index (χ0n) is 12.3. The molecule has 1 saturated heterocycles. The van der Waals surface area contributed by atoms with Gasteiger partial charge in [-0.25, -0.2) is 22.5 Å². The molecule has 0 atom stereocenters. The fraction of sp³-hybridized carbons (Fsp3) is 0.200. The van der Waals surface area contributed by atoms with Crippen molar-refractivity contribution in [2.45, 2.75) is 11.8 Å². The molecule has 1 aliphatic heterocycles.